The van der Waals surface area contributed by atoms with Gasteiger partial charge in [0.05, 0.1) is 6.54 Å². The summed E-state index contributed by atoms with van der Waals surface area (Å²) >= 11 is 1.45. The van der Waals surface area contributed by atoms with Crippen molar-refractivity contribution in [1.82, 2.24) is 14.8 Å². The Balaban J connectivity index is 2.01. The summed E-state index contributed by atoms with van der Waals surface area (Å²) < 4.78 is 30.4. The van der Waals surface area contributed by atoms with Crippen LogP contribution >= 0.6 is 11.8 Å². The molecule has 1 heterocycles. The van der Waals surface area contributed by atoms with E-state index in [1.807, 2.05) is 17.7 Å². The fraction of sp³-hybridized carbons (Fsp3) is 0.333. The van der Waals surface area contributed by atoms with Gasteiger partial charge in [0.2, 0.25) is 0 Å². The van der Waals surface area contributed by atoms with Gasteiger partial charge >= 0.3 is 6.61 Å². The van der Waals surface area contributed by atoms with Crippen LogP contribution in [0.4, 0.5) is 8.78 Å². The lowest BCUT2D eigenvalue weighted by atomic mass is 10.2. The molecule has 0 saturated carbocycles. The van der Waals surface area contributed by atoms with Crippen LogP contribution in [-0.4, -0.2) is 21.4 Å². The van der Waals surface area contributed by atoms with E-state index in [1.54, 1.807) is 12.1 Å². The Morgan fingerprint density at radius 1 is 1.40 bits per heavy atom. The number of nitrogens with two attached hydrogens (primary N) is 1. The first kappa shape index (κ1) is 14.7. The van der Waals surface area contributed by atoms with Gasteiger partial charge in [0.15, 0.2) is 5.16 Å². The minimum atomic E-state index is -2.82. The van der Waals surface area contributed by atoms with E-state index >= 15 is 0 Å². The van der Waals surface area contributed by atoms with Gasteiger partial charge in [-0.15, -0.1) is 10.2 Å². The summed E-state index contributed by atoms with van der Waals surface area (Å²) in [5.41, 5.74) is 6.38. The average molecular weight is 300 g/mol. The summed E-state index contributed by atoms with van der Waals surface area (Å²) in [6.07, 6.45) is 0. The van der Waals surface area contributed by atoms with Gasteiger partial charge in [0.25, 0.3) is 0 Å². The summed E-state index contributed by atoms with van der Waals surface area (Å²) in [7, 11) is 1.83. The summed E-state index contributed by atoms with van der Waals surface area (Å²) in [6, 6.07) is 6.59. The highest BCUT2D eigenvalue weighted by molar-refractivity contribution is 7.98. The van der Waals surface area contributed by atoms with Gasteiger partial charge in [-0.05, 0) is 17.7 Å². The van der Waals surface area contributed by atoms with E-state index in [0.29, 0.717) is 18.1 Å². The third-order valence-corrected chi connectivity index (χ3v) is 3.69. The van der Waals surface area contributed by atoms with Gasteiger partial charge in [-0.2, -0.15) is 8.78 Å². The van der Waals surface area contributed by atoms with Gasteiger partial charge < -0.3 is 15.0 Å². The van der Waals surface area contributed by atoms with Crippen LogP contribution in [0.15, 0.2) is 29.4 Å². The molecule has 2 N–H and O–H groups in total. The molecular formula is C12H14F2N4OS. The molecule has 5 nitrogen and oxygen atoms in total. The lowest BCUT2D eigenvalue weighted by molar-refractivity contribution is -0.0498. The summed E-state index contributed by atoms with van der Waals surface area (Å²) in [5, 5.41) is 8.69. The normalized spacial score (nSPS) is 11.1. The SMILES string of the molecule is Cn1c(CN)nnc1SCc1cccc(OC(F)F)c1. The van der Waals surface area contributed by atoms with Gasteiger partial charge in [-0.25, -0.2) is 0 Å². The first-order chi connectivity index (χ1) is 9.60. The largest absolute Gasteiger partial charge is 0.435 e. The molecule has 0 aliphatic rings. The molecule has 1 aromatic heterocycles. The molecule has 8 heteroatoms. The number of rotatable bonds is 6. The molecule has 0 aliphatic heterocycles. The first-order valence-corrected chi connectivity index (χ1v) is 6.83. The van der Waals surface area contributed by atoms with Crippen molar-refractivity contribution in [3.63, 3.8) is 0 Å². The smallest absolute Gasteiger partial charge is 0.387 e. The van der Waals surface area contributed by atoms with Gasteiger partial charge in [-0.3, -0.25) is 0 Å². The van der Waals surface area contributed by atoms with Crippen molar-refractivity contribution in [1.29, 1.82) is 0 Å². The molecule has 0 spiro atoms. The lowest BCUT2D eigenvalue weighted by Crippen LogP contribution is -2.05. The average Bonchev–Trinajstić information content (AvgIpc) is 2.76. The van der Waals surface area contributed by atoms with Crippen LogP contribution in [0, 0.1) is 0 Å². The van der Waals surface area contributed by atoms with Crippen LogP contribution < -0.4 is 10.5 Å². The van der Waals surface area contributed by atoms with Gasteiger partial charge in [0.1, 0.15) is 11.6 Å². The van der Waals surface area contributed by atoms with Crippen LogP contribution in [0.25, 0.3) is 0 Å². The van der Waals surface area contributed by atoms with Crippen molar-refractivity contribution in [2.75, 3.05) is 0 Å². The van der Waals surface area contributed by atoms with E-state index in [-0.39, 0.29) is 5.75 Å². The van der Waals surface area contributed by atoms with E-state index in [0.717, 1.165) is 10.7 Å². The highest BCUT2D eigenvalue weighted by atomic mass is 32.2. The molecule has 0 radical (unpaired) electrons. The summed E-state index contributed by atoms with van der Waals surface area (Å²) in [4.78, 5) is 0. The Hall–Kier alpha value is -1.67. The van der Waals surface area contributed by atoms with Crippen LogP contribution in [-0.2, 0) is 19.3 Å². The van der Waals surface area contributed by atoms with Crippen molar-refractivity contribution in [3.05, 3.63) is 35.7 Å². The third kappa shape index (κ3) is 3.67. The predicted octanol–water partition coefficient (Wildman–Crippen LogP) is 2.17. The number of aromatic nitrogens is 3. The molecule has 108 valence electrons. The fourth-order valence-electron chi connectivity index (χ4n) is 1.61. The highest BCUT2D eigenvalue weighted by Crippen LogP contribution is 2.24. The van der Waals surface area contributed by atoms with E-state index < -0.39 is 6.61 Å². The zero-order valence-electron chi connectivity index (χ0n) is 10.8. The molecule has 2 rings (SSSR count). The number of hydrogen-bond acceptors (Lipinski definition) is 5. The fourth-order valence-corrected chi connectivity index (χ4v) is 2.48. The molecule has 0 bridgehead atoms. The monoisotopic (exact) mass is 300 g/mol. The zero-order chi connectivity index (χ0) is 14.5. The molecule has 1 aromatic carbocycles. The molecule has 2 aromatic rings. The number of halogens is 2. The third-order valence-electron chi connectivity index (χ3n) is 2.60. The van der Waals surface area contributed by atoms with Crippen LogP contribution in [0.2, 0.25) is 0 Å². The number of alkyl halides is 2. The lowest BCUT2D eigenvalue weighted by Gasteiger charge is -2.06. The standard InChI is InChI=1S/C12H14F2N4OS/c1-18-10(6-15)16-17-12(18)20-7-8-3-2-4-9(5-8)19-11(13)14/h2-5,11H,6-7,15H2,1H3. The van der Waals surface area contributed by atoms with Gasteiger partial charge in [-0.1, -0.05) is 23.9 Å². The Kier molecular flexibility index (Phi) is 4.91. The van der Waals surface area contributed by atoms with E-state index in [9.17, 15) is 8.78 Å². The quantitative estimate of drug-likeness (QED) is 0.828. The Morgan fingerprint density at radius 2 is 2.20 bits per heavy atom. The van der Waals surface area contributed by atoms with Crippen LogP contribution in [0.5, 0.6) is 5.75 Å². The van der Waals surface area contributed by atoms with E-state index in [4.69, 9.17) is 5.73 Å². The summed E-state index contributed by atoms with van der Waals surface area (Å²) in [5.74, 6) is 1.43. The molecule has 0 amide bonds. The Labute approximate surface area is 119 Å². The zero-order valence-corrected chi connectivity index (χ0v) is 11.6. The number of benzene rings is 1. The van der Waals surface area contributed by atoms with Crippen molar-refractivity contribution in [3.8, 4) is 5.75 Å². The number of nitrogens with zero attached hydrogens (tertiary/aromatic N) is 3. The van der Waals surface area contributed by atoms with Gasteiger partial charge in [0, 0.05) is 12.8 Å². The minimum absolute atomic E-state index is 0.152. The number of hydrogen-bond donors (Lipinski definition) is 1. The number of thioether (sulfide) groups is 1. The van der Waals surface area contributed by atoms with Crippen molar-refractivity contribution in [2.24, 2.45) is 12.8 Å². The maximum Gasteiger partial charge on any atom is 0.387 e. The second-order valence-electron chi connectivity index (χ2n) is 3.98. The second kappa shape index (κ2) is 6.67. The summed E-state index contributed by atoms with van der Waals surface area (Å²) in [6.45, 7) is -2.49. The highest BCUT2D eigenvalue weighted by Gasteiger charge is 2.09. The van der Waals surface area contributed by atoms with Crippen molar-refractivity contribution >= 4 is 11.8 Å². The molecule has 0 fully saturated rings. The minimum Gasteiger partial charge on any atom is -0.435 e. The van der Waals surface area contributed by atoms with Crippen molar-refractivity contribution in [2.45, 2.75) is 24.1 Å². The van der Waals surface area contributed by atoms with Crippen LogP contribution in [0.3, 0.4) is 0 Å². The first-order valence-electron chi connectivity index (χ1n) is 5.85. The van der Waals surface area contributed by atoms with E-state index in [2.05, 4.69) is 14.9 Å². The Bertz CT molecular complexity index is 576. The maximum absolute atomic E-state index is 12.1. The molecular weight excluding hydrogens is 286 g/mol. The topological polar surface area (TPSA) is 66.0 Å². The van der Waals surface area contributed by atoms with Crippen LogP contribution in [0.1, 0.15) is 11.4 Å². The second-order valence-corrected chi connectivity index (χ2v) is 4.92. The molecule has 0 unspecified atom stereocenters. The predicted molar refractivity (Wildman–Crippen MR) is 71.5 cm³/mol. The van der Waals surface area contributed by atoms with Crippen molar-refractivity contribution < 1.29 is 13.5 Å². The molecule has 20 heavy (non-hydrogen) atoms. The molecule has 0 atom stereocenters. The molecule has 0 aliphatic carbocycles. The van der Waals surface area contributed by atoms with E-state index in [1.165, 1.54) is 17.8 Å². The maximum atomic E-state index is 12.1. The molecule has 0 saturated heterocycles. The Morgan fingerprint density at radius 3 is 2.85 bits per heavy atom. The number of ether oxygens (including phenoxy) is 1.